The van der Waals surface area contributed by atoms with Gasteiger partial charge >= 0.3 is 0 Å². The number of hydrogen-bond donors (Lipinski definition) is 0. The standard InChI is InChI=1S/C45H27N3O2/c1-2-11-28(12-3-1)38-26-39(30-14-8-13-29(25-30)31-15-10-24-46-27-31)48-45(47-38)37-23-22-35(44-42(37)36-17-5-7-21-41(36)50-44)34-19-9-18-33-32-16-4-6-20-40(32)49-43(33)34/h1-27H. The van der Waals surface area contributed by atoms with Crippen molar-refractivity contribution < 1.29 is 8.83 Å². The van der Waals surface area contributed by atoms with Crippen LogP contribution in [0.5, 0.6) is 0 Å². The van der Waals surface area contributed by atoms with Crippen molar-refractivity contribution in [3.8, 4) is 56.2 Å². The second kappa shape index (κ2) is 11.4. The van der Waals surface area contributed by atoms with Crippen molar-refractivity contribution in [3.63, 3.8) is 0 Å². The first kappa shape index (κ1) is 28.2. The van der Waals surface area contributed by atoms with E-state index in [1.165, 1.54) is 0 Å². The first-order chi connectivity index (χ1) is 24.8. The molecule has 0 aliphatic rings. The molecule has 0 fully saturated rings. The number of para-hydroxylation sites is 3. The molecule has 0 aliphatic carbocycles. The molecule has 6 aromatic carbocycles. The largest absolute Gasteiger partial charge is 0.455 e. The van der Waals surface area contributed by atoms with E-state index in [0.717, 1.165) is 94.2 Å². The molecule has 0 amide bonds. The minimum absolute atomic E-state index is 0.623. The first-order valence-corrected chi connectivity index (χ1v) is 16.6. The van der Waals surface area contributed by atoms with Crippen LogP contribution < -0.4 is 0 Å². The molecule has 5 nitrogen and oxygen atoms in total. The molecule has 4 heterocycles. The molecule has 10 aromatic rings. The smallest absolute Gasteiger partial charge is 0.161 e. The fraction of sp³-hybridized carbons (Fsp3) is 0. The van der Waals surface area contributed by atoms with Gasteiger partial charge in [-0.25, -0.2) is 9.97 Å². The lowest BCUT2D eigenvalue weighted by Gasteiger charge is -2.12. The molecule has 0 atom stereocenters. The van der Waals surface area contributed by atoms with Crippen molar-refractivity contribution in [1.29, 1.82) is 0 Å². The third kappa shape index (κ3) is 4.60. The summed E-state index contributed by atoms with van der Waals surface area (Å²) in [4.78, 5) is 14.8. The lowest BCUT2D eigenvalue weighted by Crippen LogP contribution is -1.97. The number of hydrogen-bond acceptors (Lipinski definition) is 5. The van der Waals surface area contributed by atoms with E-state index in [1.54, 1.807) is 6.20 Å². The van der Waals surface area contributed by atoms with E-state index in [2.05, 4.69) is 96.0 Å². The zero-order valence-corrected chi connectivity index (χ0v) is 26.7. The van der Waals surface area contributed by atoms with Crippen LogP contribution in [-0.2, 0) is 0 Å². The highest BCUT2D eigenvalue weighted by Crippen LogP contribution is 2.44. The molecule has 0 aliphatic heterocycles. The van der Waals surface area contributed by atoms with Crippen LogP contribution >= 0.6 is 0 Å². The number of benzene rings is 6. The number of aromatic nitrogens is 3. The number of furan rings is 2. The Balaban J connectivity index is 1.23. The van der Waals surface area contributed by atoms with E-state index in [0.29, 0.717) is 5.82 Å². The van der Waals surface area contributed by atoms with Crippen LogP contribution in [0.25, 0.3) is 100 Å². The van der Waals surface area contributed by atoms with Gasteiger partial charge in [0.2, 0.25) is 0 Å². The van der Waals surface area contributed by atoms with Crippen molar-refractivity contribution in [2.45, 2.75) is 0 Å². The third-order valence-electron chi connectivity index (χ3n) is 9.41. The SMILES string of the molecule is c1ccc(-c2cc(-c3cccc(-c4cccnc4)c3)nc(-c3ccc(-c4cccc5c4oc4ccccc45)c4oc5ccccc5c34)n2)cc1. The summed E-state index contributed by atoms with van der Waals surface area (Å²) >= 11 is 0. The summed E-state index contributed by atoms with van der Waals surface area (Å²) in [6, 6.07) is 51.7. The molecule has 0 spiro atoms. The highest BCUT2D eigenvalue weighted by Gasteiger charge is 2.22. The van der Waals surface area contributed by atoms with Gasteiger partial charge in [-0.2, -0.15) is 0 Å². The van der Waals surface area contributed by atoms with Crippen LogP contribution in [0.15, 0.2) is 173 Å². The fourth-order valence-corrected chi connectivity index (χ4v) is 7.05. The summed E-state index contributed by atoms with van der Waals surface area (Å²) in [5, 5.41) is 4.13. The molecule has 0 saturated heterocycles. The summed E-state index contributed by atoms with van der Waals surface area (Å²) in [7, 11) is 0. The van der Waals surface area contributed by atoms with Crippen molar-refractivity contribution in [2.24, 2.45) is 0 Å². The minimum atomic E-state index is 0.623. The third-order valence-corrected chi connectivity index (χ3v) is 9.41. The Labute approximate surface area is 287 Å². The van der Waals surface area contributed by atoms with Crippen molar-refractivity contribution in [1.82, 2.24) is 15.0 Å². The van der Waals surface area contributed by atoms with Gasteiger partial charge in [-0.05, 0) is 48.0 Å². The Kier molecular flexibility index (Phi) is 6.42. The molecule has 50 heavy (non-hydrogen) atoms. The zero-order chi connectivity index (χ0) is 33.0. The summed E-state index contributed by atoms with van der Waals surface area (Å²) in [6.45, 7) is 0. The van der Waals surface area contributed by atoms with E-state index < -0.39 is 0 Å². The Bertz CT molecular complexity index is 2870. The molecule has 0 bridgehead atoms. The Morgan fingerprint density at radius 1 is 0.400 bits per heavy atom. The molecular weight excluding hydrogens is 615 g/mol. The normalized spacial score (nSPS) is 11.6. The van der Waals surface area contributed by atoms with Crippen molar-refractivity contribution >= 4 is 43.9 Å². The highest BCUT2D eigenvalue weighted by molar-refractivity contribution is 6.18. The molecule has 0 radical (unpaired) electrons. The molecule has 0 unspecified atom stereocenters. The molecule has 5 heteroatoms. The maximum atomic E-state index is 6.71. The molecular formula is C45H27N3O2. The van der Waals surface area contributed by atoms with E-state index in [4.69, 9.17) is 18.8 Å². The average Bonchev–Trinajstić information content (AvgIpc) is 3.78. The van der Waals surface area contributed by atoms with Crippen LogP contribution in [0.2, 0.25) is 0 Å². The second-order valence-electron chi connectivity index (χ2n) is 12.4. The number of rotatable bonds is 5. The van der Waals surface area contributed by atoms with Gasteiger partial charge < -0.3 is 8.83 Å². The van der Waals surface area contributed by atoms with Crippen molar-refractivity contribution in [2.75, 3.05) is 0 Å². The van der Waals surface area contributed by atoms with Gasteiger partial charge in [0.15, 0.2) is 5.82 Å². The molecule has 10 rings (SSSR count). The summed E-state index contributed by atoms with van der Waals surface area (Å²) in [6.07, 6.45) is 3.67. The van der Waals surface area contributed by atoms with Gasteiger partial charge in [0, 0.05) is 67.3 Å². The van der Waals surface area contributed by atoms with E-state index in [9.17, 15) is 0 Å². The van der Waals surface area contributed by atoms with Crippen LogP contribution in [0, 0.1) is 0 Å². The van der Waals surface area contributed by atoms with E-state index in [-0.39, 0.29) is 0 Å². The fourth-order valence-electron chi connectivity index (χ4n) is 7.05. The maximum absolute atomic E-state index is 6.71. The predicted octanol–water partition coefficient (Wildman–Crippen LogP) is 12.0. The van der Waals surface area contributed by atoms with Gasteiger partial charge in [-0.15, -0.1) is 0 Å². The quantitative estimate of drug-likeness (QED) is 0.187. The zero-order valence-electron chi connectivity index (χ0n) is 26.7. The van der Waals surface area contributed by atoms with Gasteiger partial charge in [-0.3, -0.25) is 4.98 Å². The number of fused-ring (bicyclic) bond motifs is 6. The van der Waals surface area contributed by atoms with Gasteiger partial charge in [0.25, 0.3) is 0 Å². The Morgan fingerprint density at radius 3 is 1.86 bits per heavy atom. The highest BCUT2D eigenvalue weighted by atomic mass is 16.3. The molecule has 0 saturated carbocycles. The Morgan fingerprint density at radius 2 is 1.02 bits per heavy atom. The summed E-state index contributed by atoms with van der Waals surface area (Å²) < 4.78 is 13.2. The van der Waals surface area contributed by atoms with Crippen LogP contribution in [0.1, 0.15) is 0 Å². The van der Waals surface area contributed by atoms with Crippen LogP contribution in [-0.4, -0.2) is 15.0 Å². The molecule has 0 N–H and O–H groups in total. The van der Waals surface area contributed by atoms with Gasteiger partial charge in [-0.1, -0.05) is 109 Å². The summed E-state index contributed by atoms with van der Waals surface area (Å²) in [5.41, 5.74) is 11.9. The lowest BCUT2D eigenvalue weighted by molar-refractivity contribution is 0.665. The number of nitrogens with zero attached hydrogens (tertiary/aromatic N) is 3. The topological polar surface area (TPSA) is 65.0 Å². The first-order valence-electron chi connectivity index (χ1n) is 16.6. The maximum Gasteiger partial charge on any atom is 0.161 e. The van der Waals surface area contributed by atoms with E-state index in [1.807, 2.05) is 66.9 Å². The predicted molar refractivity (Wildman–Crippen MR) is 202 cm³/mol. The van der Waals surface area contributed by atoms with Gasteiger partial charge in [0.05, 0.1) is 11.4 Å². The van der Waals surface area contributed by atoms with Crippen molar-refractivity contribution in [3.05, 3.63) is 164 Å². The van der Waals surface area contributed by atoms with Crippen LogP contribution in [0.4, 0.5) is 0 Å². The summed E-state index contributed by atoms with van der Waals surface area (Å²) in [5.74, 6) is 0.623. The minimum Gasteiger partial charge on any atom is -0.455 e. The average molecular weight is 642 g/mol. The monoisotopic (exact) mass is 641 g/mol. The lowest BCUT2D eigenvalue weighted by atomic mass is 9.96. The Hall–Kier alpha value is -6.85. The molecule has 4 aromatic heterocycles. The second-order valence-corrected chi connectivity index (χ2v) is 12.4. The molecule has 234 valence electrons. The number of pyridine rings is 1. The van der Waals surface area contributed by atoms with Gasteiger partial charge in [0.1, 0.15) is 22.3 Å². The van der Waals surface area contributed by atoms with Crippen LogP contribution in [0.3, 0.4) is 0 Å². The van der Waals surface area contributed by atoms with E-state index >= 15 is 0 Å².